The van der Waals surface area contributed by atoms with Crippen LogP contribution in [0.3, 0.4) is 0 Å². The van der Waals surface area contributed by atoms with Crippen LogP contribution in [0.25, 0.3) is 5.69 Å². The average Bonchev–Trinajstić information content (AvgIpc) is 2.64. The first kappa shape index (κ1) is 10.7. The second kappa shape index (κ2) is 3.97. The molecule has 0 saturated carbocycles. The third-order valence-corrected chi connectivity index (χ3v) is 2.31. The molecule has 1 aromatic heterocycles. The van der Waals surface area contributed by atoms with Gasteiger partial charge < -0.3 is 11.1 Å². The van der Waals surface area contributed by atoms with Crippen LogP contribution in [-0.4, -0.2) is 21.8 Å². The fourth-order valence-electron chi connectivity index (χ4n) is 1.24. The first-order valence-corrected chi connectivity index (χ1v) is 4.85. The molecule has 0 unspecified atom stereocenters. The van der Waals surface area contributed by atoms with Crippen molar-refractivity contribution in [2.45, 2.75) is 0 Å². The average molecular weight is 242 g/mol. The van der Waals surface area contributed by atoms with E-state index in [1.165, 1.54) is 16.8 Å². The van der Waals surface area contributed by atoms with Gasteiger partial charge in [0.1, 0.15) is 5.82 Å². The van der Waals surface area contributed by atoms with E-state index >= 15 is 0 Å². The third kappa shape index (κ3) is 1.79. The van der Waals surface area contributed by atoms with E-state index in [-0.39, 0.29) is 11.0 Å². The summed E-state index contributed by atoms with van der Waals surface area (Å²) in [7, 11) is 1.67. The van der Waals surface area contributed by atoms with Crippen LogP contribution < -0.4 is 11.1 Å². The largest absolute Gasteiger partial charge is 0.368 e. The molecule has 3 N–H and O–H groups in total. The first-order chi connectivity index (χ1) is 7.61. The smallest absolute Gasteiger partial charge is 0.244 e. The van der Waals surface area contributed by atoms with Gasteiger partial charge in [-0.25, -0.2) is 4.39 Å². The van der Waals surface area contributed by atoms with E-state index in [4.69, 9.17) is 17.3 Å². The van der Waals surface area contributed by atoms with Crippen molar-refractivity contribution in [1.82, 2.24) is 14.8 Å². The molecule has 0 radical (unpaired) electrons. The predicted octanol–water partition coefficient (Wildman–Crippen LogP) is 1.68. The summed E-state index contributed by atoms with van der Waals surface area (Å²) in [5, 5.41) is 6.82. The molecule has 5 nitrogen and oxygen atoms in total. The lowest BCUT2D eigenvalue weighted by Gasteiger charge is -2.02. The van der Waals surface area contributed by atoms with Crippen molar-refractivity contribution < 1.29 is 4.39 Å². The highest BCUT2D eigenvalue weighted by Gasteiger charge is 2.09. The minimum Gasteiger partial charge on any atom is -0.368 e. The molecule has 7 heteroatoms. The fraction of sp³-hybridized carbons (Fsp3) is 0.111. The summed E-state index contributed by atoms with van der Waals surface area (Å²) in [6.07, 6.45) is 0. The second-order valence-corrected chi connectivity index (χ2v) is 3.46. The van der Waals surface area contributed by atoms with Gasteiger partial charge in [0.15, 0.2) is 0 Å². The maximum atomic E-state index is 13.2. The summed E-state index contributed by atoms with van der Waals surface area (Å²) in [5.74, 6) is 0.0130. The van der Waals surface area contributed by atoms with Crippen molar-refractivity contribution >= 4 is 23.5 Å². The summed E-state index contributed by atoms with van der Waals surface area (Å²) in [4.78, 5) is 3.92. The van der Waals surface area contributed by atoms with E-state index in [2.05, 4.69) is 15.4 Å². The van der Waals surface area contributed by atoms with Crippen molar-refractivity contribution in [2.75, 3.05) is 18.1 Å². The van der Waals surface area contributed by atoms with Gasteiger partial charge in [-0.1, -0.05) is 11.6 Å². The molecule has 1 heterocycles. The summed E-state index contributed by atoms with van der Waals surface area (Å²) in [6.45, 7) is 0. The molecule has 0 saturated heterocycles. The van der Waals surface area contributed by atoms with Gasteiger partial charge in [0, 0.05) is 13.1 Å². The first-order valence-electron chi connectivity index (χ1n) is 4.47. The lowest BCUT2D eigenvalue weighted by Crippen LogP contribution is -2.02. The molecule has 2 rings (SSSR count). The monoisotopic (exact) mass is 241 g/mol. The van der Waals surface area contributed by atoms with E-state index in [1.807, 2.05) is 0 Å². The molecule has 84 valence electrons. The van der Waals surface area contributed by atoms with Gasteiger partial charge in [-0.2, -0.15) is 9.67 Å². The number of anilines is 2. The van der Waals surface area contributed by atoms with Gasteiger partial charge in [-0.05, 0) is 12.1 Å². The molecule has 0 aliphatic heterocycles. The van der Waals surface area contributed by atoms with Crippen LogP contribution in [0.15, 0.2) is 18.2 Å². The summed E-state index contributed by atoms with van der Waals surface area (Å²) >= 11 is 5.58. The molecule has 0 aliphatic rings. The van der Waals surface area contributed by atoms with E-state index in [0.717, 1.165) is 0 Å². The number of benzene rings is 1. The molecule has 0 atom stereocenters. The van der Waals surface area contributed by atoms with Crippen molar-refractivity contribution in [3.63, 3.8) is 0 Å². The minimum absolute atomic E-state index is 0.0521. The molecule has 0 spiro atoms. The Morgan fingerprint density at radius 3 is 2.81 bits per heavy atom. The summed E-state index contributed by atoms with van der Waals surface area (Å²) in [5.41, 5.74) is 6.10. The quantitative estimate of drug-likeness (QED) is 0.840. The molecule has 1 aromatic carbocycles. The maximum Gasteiger partial charge on any atom is 0.244 e. The van der Waals surface area contributed by atoms with Gasteiger partial charge >= 0.3 is 0 Å². The lowest BCUT2D eigenvalue weighted by atomic mass is 10.3. The maximum absolute atomic E-state index is 13.2. The number of hydrogen-bond donors (Lipinski definition) is 2. The Hall–Kier alpha value is -1.82. The van der Waals surface area contributed by atoms with Crippen LogP contribution in [0, 0.1) is 5.82 Å². The van der Waals surface area contributed by atoms with E-state index in [9.17, 15) is 4.39 Å². The van der Waals surface area contributed by atoms with E-state index in [0.29, 0.717) is 11.6 Å². The van der Waals surface area contributed by atoms with Gasteiger partial charge in [0.25, 0.3) is 0 Å². The Morgan fingerprint density at radius 1 is 1.50 bits per heavy atom. The molecule has 0 aliphatic carbocycles. The van der Waals surface area contributed by atoms with Crippen LogP contribution in [0.4, 0.5) is 16.3 Å². The Labute approximate surface area is 96.0 Å². The standard InChI is InChI=1S/C9H9ClFN5/c1-13-9-14-8(12)16(15-9)5-2-3-6(10)7(11)4-5/h2-4H,1H3,(H3,12,13,14,15). The summed E-state index contributed by atoms with van der Waals surface area (Å²) in [6, 6.07) is 4.29. The lowest BCUT2D eigenvalue weighted by molar-refractivity contribution is 0.626. The zero-order chi connectivity index (χ0) is 11.7. The molecule has 2 aromatic rings. The molecule has 16 heavy (non-hydrogen) atoms. The van der Waals surface area contributed by atoms with Crippen LogP contribution >= 0.6 is 11.6 Å². The highest BCUT2D eigenvalue weighted by atomic mass is 35.5. The number of hydrogen-bond acceptors (Lipinski definition) is 4. The Balaban J connectivity index is 2.49. The van der Waals surface area contributed by atoms with Crippen LogP contribution in [-0.2, 0) is 0 Å². The number of nitrogens with one attached hydrogen (secondary N) is 1. The zero-order valence-electron chi connectivity index (χ0n) is 8.41. The Morgan fingerprint density at radius 2 is 2.25 bits per heavy atom. The molecule has 0 amide bonds. The van der Waals surface area contributed by atoms with Crippen molar-refractivity contribution in [3.8, 4) is 5.69 Å². The highest BCUT2D eigenvalue weighted by Crippen LogP contribution is 2.19. The number of nitrogens with zero attached hydrogens (tertiary/aromatic N) is 3. The number of nitrogens with two attached hydrogens (primary N) is 1. The molecular formula is C9H9ClFN5. The van der Waals surface area contributed by atoms with Gasteiger partial charge in [0.2, 0.25) is 11.9 Å². The second-order valence-electron chi connectivity index (χ2n) is 3.05. The number of rotatable bonds is 2. The van der Waals surface area contributed by atoms with Crippen molar-refractivity contribution in [3.05, 3.63) is 29.0 Å². The molecule has 0 fully saturated rings. The molecular weight excluding hydrogens is 233 g/mol. The fourth-order valence-corrected chi connectivity index (χ4v) is 1.35. The van der Waals surface area contributed by atoms with Crippen LogP contribution in [0.5, 0.6) is 0 Å². The summed E-state index contributed by atoms with van der Waals surface area (Å²) < 4.78 is 14.6. The van der Waals surface area contributed by atoms with Gasteiger partial charge in [0.05, 0.1) is 10.7 Å². The number of nitrogen functional groups attached to an aromatic ring is 1. The third-order valence-electron chi connectivity index (χ3n) is 2.00. The Bertz CT molecular complexity index is 525. The SMILES string of the molecule is CNc1nc(N)n(-c2ccc(Cl)c(F)c2)n1. The minimum atomic E-state index is -0.528. The van der Waals surface area contributed by atoms with Crippen LogP contribution in [0.1, 0.15) is 0 Å². The predicted molar refractivity (Wildman–Crippen MR) is 60.3 cm³/mol. The zero-order valence-corrected chi connectivity index (χ0v) is 9.16. The van der Waals surface area contributed by atoms with Gasteiger partial charge in [-0.3, -0.25) is 0 Å². The van der Waals surface area contributed by atoms with Crippen LogP contribution in [0.2, 0.25) is 5.02 Å². The van der Waals surface area contributed by atoms with Crippen molar-refractivity contribution in [1.29, 1.82) is 0 Å². The number of halogens is 2. The topological polar surface area (TPSA) is 68.8 Å². The van der Waals surface area contributed by atoms with E-state index < -0.39 is 5.82 Å². The van der Waals surface area contributed by atoms with E-state index in [1.54, 1.807) is 13.1 Å². The Kier molecular flexibility index (Phi) is 2.66. The highest BCUT2D eigenvalue weighted by molar-refractivity contribution is 6.30. The van der Waals surface area contributed by atoms with Crippen molar-refractivity contribution in [2.24, 2.45) is 0 Å². The number of aromatic nitrogens is 3. The van der Waals surface area contributed by atoms with Gasteiger partial charge in [-0.15, -0.1) is 5.10 Å². The normalized spacial score (nSPS) is 10.4. The molecule has 0 bridgehead atoms.